The maximum absolute atomic E-state index is 13.2. The number of benzene rings is 1. The van der Waals surface area contributed by atoms with Crippen LogP contribution in [0.4, 0.5) is 0 Å². The van der Waals surface area contributed by atoms with Crippen LogP contribution in [0.3, 0.4) is 0 Å². The monoisotopic (exact) mass is 338 g/mol. The average Bonchev–Trinajstić information content (AvgIpc) is 2.68. The normalized spacial score (nSPS) is 22.3. The van der Waals surface area contributed by atoms with Gasteiger partial charge in [0.1, 0.15) is 0 Å². The number of carbonyl (C=O) groups excluding carboxylic acids is 2. The third-order valence-corrected chi connectivity index (χ3v) is 5.69. The van der Waals surface area contributed by atoms with Crippen LogP contribution in [0, 0.1) is 0 Å². The quantitative estimate of drug-likeness (QED) is 0.848. The molecule has 0 spiro atoms. The van der Waals surface area contributed by atoms with Crippen molar-refractivity contribution in [2.45, 2.75) is 38.5 Å². The van der Waals surface area contributed by atoms with Crippen LogP contribution < -0.4 is 0 Å². The Morgan fingerprint density at radius 3 is 1.92 bits per heavy atom. The Labute approximate surface area is 149 Å². The average molecular weight is 338 g/mol. The largest absolute Gasteiger partial charge is 0.368 e. The molecule has 3 aliphatic rings. The van der Waals surface area contributed by atoms with E-state index < -0.39 is 0 Å². The molecule has 1 aromatic carbocycles. The van der Waals surface area contributed by atoms with Gasteiger partial charge in [-0.1, -0.05) is 30.7 Å². The van der Waals surface area contributed by atoms with Crippen LogP contribution in [0.1, 0.15) is 59.2 Å². The maximum atomic E-state index is 13.2. The first-order valence-electron chi connectivity index (χ1n) is 9.64. The second-order valence-corrected chi connectivity index (χ2v) is 7.42. The van der Waals surface area contributed by atoms with Crippen molar-refractivity contribution < 1.29 is 9.59 Å². The number of allylic oxidation sites excluding steroid dienone is 1. The minimum absolute atomic E-state index is 0.0455. The number of piperidine rings is 2. The van der Waals surface area contributed by atoms with Gasteiger partial charge in [0.25, 0.3) is 0 Å². The lowest BCUT2D eigenvalue weighted by Crippen LogP contribution is -2.41. The molecule has 4 heteroatoms. The summed E-state index contributed by atoms with van der Waals surface area (Å²) in [7, 11) is 0. The molecular formula is C21H26N2O2. The fourth-order valence-electron chi connectivity index (χ4n) is 4.35. The lowest BCUT2D eigenvalue weighted by molar-refractivity contribution is 0.0922. The highest BCUT2D eigenvalue weighted by Crippen LogP contribution is 2.31. The number of fused-ring (bicyclic) bond motifs is 1. The van der Waals surface area contributed by atoms with Gasteiger partial charge in [-0.05, 0) is 45.2 Å². The van der Waals surface area contributed by atoms with Crippen LogP contribution >= 0.6 is 0 Å². The van der Waals surface area contributed by atoms with E-state index in [1.165, 1.54) is 25.7 Å². The van der Waals surface area contributed by atoms with Gasteiger partial charge < -0.3 is 4.90 Å². The molecule has 4 rings (SSSR count). The Morgan fingerprint density at radius 1 is 0.720 bits per heavy atom. The van der Waals surface area contributed by atoms with Gasteiger partial charge in [0, 0.05) is 36.3 Å². The van der Waals surface area contributed by atoms with E-state index in [9.17, 15) is 9.59 Å². The van der Waals surface area contributed by atoms with Crippen molar-refractivity contribution in [2.24, 2.45) is 0 Å². The Kier molecular flexibility index (Phi) is 4.71. The molecule has 2 heterocycles. The van der Waals surface area contributed by atoms with Crippen molar-refractivity contribution in [3.05, 3.63) is 46.7 Å². The van der Waals surface area contributed by atoms with Crippen molar-refractivity contribution in [1.82, 2.24) is 9.80 Å². The van der Waals surface area contributed by atoms with E-state index >= 15 is 0 Å². The topological polar surface area (TPSA) is 40.6 Å². The number of carbonyl (C=O) groups is 2. The zero-order valence-electron chi connectivity index (χ0n) is 14.8. The molecule has 0 bridgehead atoms. The van der Waals surface area contributed by atoms with Crippen molar-refractivity contribution in [1.29, 1.82) is 0 Å². The Hall–Kier alpha value is -1.94. The second-order valence-electron chi connectivity index (χ2n) is 7.42. The predicted octanol–water partition coefficient (Wildman–Crippen LogP) is 3.29. The van der Waals surface area contributed by atoms with E-state index in [1.54, 1.807) is 12.1 Å². The smallest absolute Gasteiger partial charge is 0.210 e. The summed E-state index contributed by atoms with van der Waals surface area (Å²) in [5.41, 5.74) is 2.58. The Balaban J connectivity index is 1.74. The molecule has 0 unspecified atom stereocenters. The van der Waals surface area contributed by atoms with E-state index in [0.717, 1.165) is 44.6 Å². The van der Waals surface area contributed by atoms with E-state index in [0.29, 0.717) is 23.4 Å². The molecule has 0 saturated carbocycles. The molecular weight excluding hydrogens is 312 g/mol. The summed E-state index contributed by atoms with van der Waals surface area (Å²) in [6, 6.07) is 7.32. The van der Waals surface area contributed by atoms with Gasteiger partial charge in [0.05, 0.1) is 5.70 Å². The highest BCUT2D eigenvalue weighted by Gasteiger charge is 2.35. The van der Waals surface area contributed by atoms with Crippen LogP contribution in [0.15, 0.2) is 35.5 Å². The van der Waals surface area contributed by atoms with E-state index in [4.69, 9.17) is 0 Å². The molecule has 25 heavy (non-hydrogen) atoms. The summed E-state index contributed by atoms with van der Waals surface area (Å²) >= 11 is 0. The second kappa shape index (κ2) is 7.12. The van der Waals surface area contributed by atoms with Crippen LogP contribution in [-0.2, 0) is 0 Å². The van der Waals surface area contributed by atoms with Crippen LogP contribution in [0.25, 0.3) is 0 Å². The summed E-state index contributed by atoms with van der Waals surface area (Å²) in [4.78, 5) is 31.0. The van der Waals surface area contributed by atoms with Crippen LogP contribution in [0.5, 0.6) is 0 Å². The summed E-state index contributed by atoms with van der Waals surface area (Å²) in [5.74, 6) is 0.102. The first-order valence-corrected chi connectivity index (χ1v) is 9.64. The minimum atomic E-state index is 0.0455. The molecule has 0 aromatic heterocycles. The van der Waals surface area contributed by atoms with Crippen LogP contribution in [0.2, 0.25) is 0 Å². The van der Waals surface area contributed by atoms with Crippen LogP contribution in [-0.4, -0.2) is 54.1 Å². The number of hydrogen-bond acceptors (Lipinski definition) is 4. The maximum Gasteiger partial charge on any atom is 0.210 e. The molecule has 2 aliphatic heterocycles. The first-order chi connectivity index (χ1) is 12.3. The third kappa shape index (κ3) is 3.15. The highest BCUT2D eigenvalue weighted by molar-refractivity contribution is 6.26. The van der Waals surface area contributed by atoms with E-state index in [1.807, 2.05) is 12.1 Å². The molecule has 2 saturated heterocycles. The zero-order valence-corrected chi connectivity index (χ0v) is 14.8. The molecule has 0 N–H and O–H groups in total. The molecule has 1 aromatic rings. The zero-order chi connectivity index (χ0) is 17.2. The Bertz CT molecular complexity index is 710. The SMILES string of the molecule is O=C1C(CN2CCCCC2)=C(N2CCCCC2)C(=O)c2ccccc21. The van der Waals surface area contributed by atoms with Gasteiger partial charge >= 0.3 is 0 Å². The molecule has 0 radical (unpaired) electrons. The number of likely N-dealkylation sites (tertiary alicyclic amines) is 2. The summed E-state index contributed by atoms with van der Waals surface area (Å²) in [6.45, 7) is 4.45. The number of Topliss-reactive ketones (excluding diaryl/α,β-unsaturated/α-hetero) is 2. The first kappa shape index (κ1) is 16.5. The van der Waals surface area contributed by atoms with Gasteiger partial charge in [-0.25, -0.2) is 0 Å². The van der Waals surface area contributed by atoms with Gasteiger partial charge in [-0.15, -0.1) is 0 Å². The van der Waals surface area contributed by atoms with E-state index in [-0.39, 0.29) is 11.6 Å². The third-order valence-electron chi connectivity index (χ3n) is 5.69. The fourth-order valence-corrected chi connectivity index (χ4v) is 4.35. The molecule has 0 atom stereocenters. The number of nitrogens with zero attached hydrogens (tertiary/aromatic N) is 2. The van der Waals surface area contributed by atoms with Gasteiger partial charge in [-0.2, -0.15) is 0 Å². The van der Waals surface area contributed by atoms with Crippen molar-refractivity contribution >= 4 is 11.6 Å². The number of ketones is 2. The summed E-state index contributed by atoms with van der Waals surface area (Å²) in [5, 5.41) is 0. The summed E-state index contributed by atoms with van der Waals surface area (Å²) in [6.07, 6.45) is 7.05. The fraction of sp³-hybridized carbons (Fsp3) is 0.524. The highest BCUT2D eigenvalue weighted by atomic mass is 16.1. The molecule has 132 valence electrons. The predicted molar refractivity (Wildman–Crippen MR) is 97.8 cm³/mol. The van der Waals surface area contributed by atoms with Crippen molar-refractivity contribution in [3.63, 3.8) is 0 Å². The molecule has 1 aliphatic carbocycles. The number of hydrogen-bond donors (Lipinski definition) is 0. The van der Waals surface area contributed by atoms with Gasteiger partial charge in [-0.3, -0.25) is 14.5 Å². The van der Waals surface area contributed by atoms with Gasteiger partial charge in [0.2, 0.25) is 5.78 Å². The lowest BCUT2D eigenvalue weighted by Gasteiger charge is -2.36. The molecule has 2 fully saturated rings. The van der Waals surface area contributed by atoms with Crippen molar-refractivity contribution in [3.8, 4) is 0 Å². The van der Waals surface area contributed by atoms with Crippen molar-refractivity contribution in [2.75, 3.05) is 32.7 Å². The Morgan fingerprint density at radius 2 is 1.28 bits per heavy atom. The summed E-state index contributed by atoms with van der Waals surface area (Å²) < 4.78 is 0. The molecule has 4 nitrogen and oxygen atoms in total. The minimum Gasteiger partial charge on any atom is -0.368 e. The molecule has 0 amide bonds. The standard InChI is InChI=1S/C21H26N2O2/c24-20-16-9-3-4-10-17(16)21(25)19(23-13-7-2-8-14-23)18(20)15-22-11-5-1-6-12-22/h3-4,9-10H,1-2,5-8,11-15H2. The van der Waals surface area contributed by atoms with Gasteiger partial charge in [0.15, 0.2) is 5.78 Å². The van der Waals surface area contributed by atoms with E-state index in [2.05, 4.69) is 9.80 Å². The number of rotatable bonds is 3. The lowest BCUT2D eigenvalue weighted by atomic mass is 9.85.